The van der Waals surface area contributed by atoms with Crippen LogP contribution in [0.15, 0.2) is 0 Å². The van der Waals surface area contributed by atoms with E-state index >= 15 is 0 Å². The number of hydrogen-bond acceptors (Lipinski definition) is 1. The summed E-state index contributed by atoms with van der Waals surface area (Å²) in [7, 11) is 0. The average Bonchev–Trinajstić information content (AvgIpc) is 2.36. The van der Waals surface area contributed by atoms with Crippen molar-refractivity contribution >= 4 is 5.91 Å². The Hall–Kier alpha value is -0.530. The summed E-state index contributed by atoms with van der Waals surface area (Å²) in [6, 6.07) is 0. The normalized spacial score (nSPS) is 46.7. The van der Waals surface area contributed by atoms with Gasteiger partial charge in [0.2, 0.25) is 5.91 Å². The van der Waals surface area contributed by atoms with Crippen LogP contribution in [0.4, 0.5) is 0 Å². The molecule has 0 radical (unpaired) electrons. The van der Waals surface area contributed by atoms with E-state index in [0.29, 0.717) is 0 Å². The van der Waals surface area contributed by atoms with Gasteiger partial charge in [0.1, 0.15) is 0 Å². The summed E-state index contributed by atoms with van der Waals surface area (Å²) in [5.41, 5.74) is 5.85. The first kappa shape index (κ1) is 9.04. The zero-order valence-corrected chi connectivity index (χ0v) is 8.76. The van der Waals surface area contributed by atoms with Gasteiger partial charge >= 0.3 is 0 Å². The van der Waals surface area contributed by atoms with Gasteiger partial charge in [0.05, 0.1) is 0 Å². The quantitative estimate of drug-likeness (QED) is 0.660. The molecule has 0 aliphatic heterocycles. The van der Waals surface area contributed by atoms with Crippen molar-refractivity contribution in [2.45, 2.75) is 40.0 Å². The van der Waals surface area contributed by atoms with Gasteiger partial charge in [0.15, 0.2) is 0 Å². The van der Waals surface area contributed by atoms with E-state index in [0.717, 1.165) is 5.92 Å². The van der Waals surface area contributed by atoms with Gasteiger partial charge < -0.3 is 5.73 Å². The van der Waals surface area contributed by atoms with Crippen molar-refractivity contribution in [2.75, 3.05) is 0 Å². The minimum absolute atomic E-state index is 0.0882. The number of hydrogen-bond donors (Lipinski definition) is 1. The highest BCUT2D eigenvalue weighted by molar-refractivity contribution is 5.79. The van der Waals surface area contributed by atoms with Crippen molar-refractivity contribution < 1.29 is 4.79 Å². The maximum atomic E-state index is 11.4. The van der Waals surface area contributed by atoms with Gasteiger partial charge in [0, 0.05) is 5.92 Å². The largest absolute Gasteiger partial charge is 0.369 e. The van der Waals surface area contributed by atoms with Crippen LogP contribution in [0.25, 0.3) is 0 Å². The smallest absolute Gasteiger partial charge is 0.221 e. The van der Waals surface area contributed by atoms with Crippen molar-refractivity contribution in [3.8, 4) is 0 Å². The van der Waals surface area contributed by atoms with E-state index in [1.807, 2.05) is 0 Å². The van der Waals surface area contributed by atoms with Gasteiger partial charge in [-0.2, -0.15) is 0 Å². The Morgan fingerprint density at radius 3 is 2.31 bits per heavy atom. The first-order chi connectivity index (χ1) is 5.88. The molecule has 74 valence electrons. The molecule has 2 aliphatic rings. The van der Waals surface area contributed by atoms with Crippen LogP contribution in [0.3, 0.4) is 0 Å². The van der Waals surface area contributed by atoms with Gasteiger partial charge in [-0.25, -0.2) is 0 Å². The lowest BCUT2D eigenvalue weighted by Crippen LogP contribution is -2.43. The molecule has 2 nitrogen and oxygen atoms in total. The summed E-state index contributed by atoms with van der Waals surface area (Å²) >= 11 is 0. The summed E-state index contributed by atoms with van der Waals surface area (Å²) in [5, 5.41) is 0. The molecule has 13 heavy (non-hydrogen) atoms. The van der Waals surface area contributed by atoms with Gasteiger partial charge in [-0.3, -0.25) is 4.79 Å². The summed E-state index contributed by atoms with van der Waals surface area (Å²) in [6.07, 6.45) is 3.68. The molecular formula is C11H19NO. The number of carbonyl (C=O) groups excluding carboxylic acids is 1. The molecule has 2 unspecified atom stereocenters. The monoisotopic (exact) mass is 181 g/mol. The minimum atomic E-state index is -0.0882. The maximum Gasteiger partial charge on any atom is 0.221 e. The van der Waals surface area contributed by atoms with E-state index in [2.05, 4.69) is 20.8 Å². The molecule has 2 bridgehead atoms. The van der Waals surface area contributed by atoms with Crippen LogP contribution >= 0.6 is 0 Å². The minimum Gasteiger partial charge on any atom is -0.369 e. The molecule has 2 N–H and O–H groups in total. The van der Waals surface area contributed by atoms with Crippen LogP contribution in [0.5, 0.6) is 0 Å². The summed E-state index contributed by atoms with van der Waals surface area (Å²) < 4.78 is 0. The third-order valence-corrected chi connectivity index (χ3v) is 4.55. The lowest BCUT2D eigenvalue weighted by Gasteiger charge is -2.40. The van der Waals surface area contributed by atoms with E-state index in [1.54, 1.807) is 0 Å². The predicted octanol–water partition coefficient (Wildman–Crippen LogP) is 1.93. The Balaban J connectivity index is 2.39. The molecule has 2 fully saturated rings. The molecular weight excluding hydrogens is 162 g/mol. The molecule has 0 aromatic rings. The summed E-state index contributed by atoms with van der Waals surface area (Å²) in [6.45, 7) is 6.65. The highest BCUT2D eigenvalue weighted by Gasteiger charge is 2.61. The Labute approximate surface area is 79.9 Å². The topological polar surface area (TPSA) is 43.1 Å². The molecule has 2 rings (SSSR count). The van der Waals surface area contributed by atoms with E-state index in [4.69, 9.17) is 5.73 Å². The standard InChI is InChI=1S/C11H19NO/c1-10(2)7-4-5-11(3,6-7)8(10)9(12)13/h7-8H,4-6H2,1-3H3,(H2,12,13)/t7?,8?,11-/m0/s1. The molecule has 0 spiro atoms. The van der Waals surface area contributed by atoms with Crippen molar-refractivity contribution in [3.05, 3.63) is 0 Å². The van der Waals surface area contributed by atoms with Crippen LogP contribution in [0.1, 0.15) is 40.0 Å². The molecule has 1 amide bonds. The maximum absolute atomic E-state index is 11.4. The molecule has 0 aromatic heterocycles. The Bertz CT molecular complexity index is 254. The number of fused-ring (bicyclic) bond motifs is 2. The third-order valence-electron chi connectivity index (χ3n) is 4.55. The lowest BCUT2D eigenvalue weighted by molar-refractivity contribution is -0.130. The second-order valence-corrected chi connectivity index (χ2v) is 5.75. The Kier molecular flexibility index (Phi) is 1.59. The van der Waals surface area contributed by atoms with E-state index < -0.39 is 0 Å². The zero-order valence-electron chi connectivity index (χ0n) is 8.76. The van der Waals surface area contributed by atoms with Crippen LogP contribution in [-0.2, 0) is 4.79 Å². The van der Waals surface area contributed by atoms with E-state index in [-0.39, 0.29) is 22.7 Å². The fraction of sp³-hybridized carbons (Fsp3) is 0.909. The highest BCUT2D eigenvalue weighted by atomic mass is 16.1. The van der Waals surface area contributed by atoms with Crippen molar-refractivity contribution in [1.82, 2.24) is 0 Å². The fourth-order valence-corrected chi connectivity index (χ4v) is 4.01. The van der Waals surface area contributed by atoms with Crippen LogP contribution in [0.2, 0.25) is 0 Å². The lowest BCUT2D eigenvalue weighted by atomic mass is 9.63. The van der Waals surface area contributed by atoms with Crippen molar-refractivity contribution in [1.29, 1.82) is 0 Å². The molecule has 0 saturated heterocycles. The number of rotatable bonds is 1. The zero-order chi connectivity index (χ0) is 9.85. The van der Waals surface area contributed by atoms with Crippen molar-refractivity contribution in [2.24, 2.45) is 28.4 Å². The summed E-state index contributed by atoms with van der Waals surface area (Å²) in [5.74, 6) is 0.725. The first-order valence-corrected chi connectivity index (χ1v) is 5.17. The van der Waals surface area contributed by atoms with Crippen LogP contribution in [-0.4, -0.2) is 5.91 Å². The average molecular weight is 181 g/mol. The number of carbonyl (C=O) groups is 1. The van der Waals surface area contributed by atoms with Crippen LogP contribution < -0.4 is 5.73 Å². The van der Waals surface area contributed by atoms with E-state index in [1.165, 1.54) is 19.3 Å². The Morgan fingerprint density at radius 1 is 1.38 bits per heavy atom. The molecule has 2 heteroatoms. The molecule has 2 saturated carbocycles. The predicted molar refractivity (Wildman–Crippen MR) is 51.9 cm³/mol. The molecule has 0 aromatic carbocycles. The molecule has 2 aliphatic carbocycles. The van der Waals surface area contributed by atoms with Gasteiger partial charge in [-0.15, -0.1) is 0 Å². The number of nitrogens with two attached hydrogens (primary N) is 1. The van der Waals surface area contributed by atoms with Crippen LogP contribution in [0, 0.1) is 22.7 Å². The van der Waals surface area contributed by atoms with E-state index in [9.17, 15) is 4.79 Å². The second-order valence-electron chi connectivity index (χ2n) is 5.75. The number of amides is 1. The SMILES string of the molecule is CC1(C)C2CC[C@@](C)(C2)C1C(N)=O. The van der Waals surface area contributed by atoms with Gasteiger partial charge in [0.25, 0.3) is 0 Å². The van der Waals surface area contributed by atoms with Gasteiger partial charge in [-0.05, 0) is 36.0 Å². The fourth-order valence-electron chi connectivity index (χ4n) is 4.01. The Morgan fingerprint density at radius 2 is 2.00 bits per heavy atom. The third kappa shape index (κ3) is 0.976. The van der Waals surface area contributed by atoms with Crippen molar-refractivity contribution in [3.63, 3.8) is 0 Å². The second kappa shape index (κ2) is 2.28. The summed E-state index contributed by atoms with van der Waals surface area (Å²) in [4.78, 5) is 11.4. The first-order valence-electron chi connectivity index (χ1n) is 5.17. The highest BCUT2D eigenvalue weighted by Crippen LogP contribution is 2.65. The molecule has 0 heterocycles. The van der Waals surface area contributed by atoms with Gasteiger partial charge in [-0.1, -0.05) is 20.8 Å². The molecule has 3 atom stereocenters. The number of primary amides is 1.